The lowest BCUT2D eigenvalue weighted by Gasteiger charge is -2.29. The van der Waals surface area contributed by atoms with Crippen LogP contribution in [0.5, 0.6) is 0 Å². The molecule has 30 heavy (non-hydrogen) atoms. The molecule has 0 saturated carbocycles. The minimum Gasteiger partial charge on any atom is -0.383 e. The number of benzene rings is 2. The zero-order valence-corrected chi connectivity index (χ0v) is 16.2. The van der Waals surface area contributed by atoms with Crippen LogP contribution in [-0.4, -0.2) is 34.9 Å². The highest BCUT2D eigenvalue weighted by Crippen LogP contribution is 2.30. The van der Waals surface area contributed by atoms with Crippen LogP contribution < -0.4 is 5.56 Å². The topological polar surface area (TPSA) is 98.7 Å². The van der Waals surface area contributed by atoms with Crippen molar-refractivity contribution in [3.63, 3.8) is 0 Å². The van der Waals surface area contributed by atoms with Crippen LogP contribution in [0.15, 0.2) is 53.8 Å². The molecule has 2 aromatic heterocycles. The zero-order chi connectivity index (χ0) is 21.3. The minimum atomic E-state index is -1.82. The molecule has 0 radical (unpaired) electrons. The molecule has 0 saturated heterocycles. The van der Waals surface area contributed by atoms with Crippen molar-refractivity contribution >= 4 is 22.5 Å². The summed E-state index contributed by atoms with van der Waals surface area (Å²) in [4.78, 5) is 16.5. The number of aliphatic hydroxyl groups is 1. The van der Waals surface area contributed by atoms with Crippen LogP contribution in [0.4, 0.5) is 8.78 Å². The molecule has 154 valence electrons. The Balaban J connectivity index is 1.70. The van der Waals surface area contributed by atoms with Gasteiger partial charge in [0, 0.05) is 29.6 Å². The summed E-state index contributed by atoms with van der Waals surface area (Å²) in [5, 5.41) is 23.7. The summed E-state index contributed by atoms with van der Waals surface area (Å²) in [6, 6.07) is 7.55. The van der Waals surface area contributed by atoms with Gasteiger partial charge in [0.1, 0.15) is 35.4 Å². The van der Waals surface area contributed by atoms with Crippen LogP contribution in [0.25, 0.3) is 10.9 Å². The number of hydrogen-bond donors (Lipinski definition) is 1. The van der Waals surface area contributed by atoms with E-state index in [1.165, 1.54) is 23.4 Å². The molecule has 1 N–H and O–H groups in total. The standard InChI is InChI=1S/C19H15ClF2N6O2/c20-12-1-4-17-14(7-12)18(29)28(26-25-17)6-5-19(30,9-27-11-23-10-24-27)15-3-2-13(21)8-16(15)22/h1-4,7-8,10-11,30H,5-6,9H2. The van der Waals surface area contributed by atoms with Gasteiger partial charge < -0.3 is 5.11 Å². The van der Waals surface area contributed by atoms with E-state index in [2.05, 4.69) is 20.4 Å². The molecule has 8 nitrogen and oxygen atoms in total. The van der Waals surface area contributed by atoms with Gasteiger partial charge in [-0.3, -0.25) is 4.79 Å². The van der Waals surface area contributed by atoms with Crippen molar-refractivity contribution in [2.75, 3.05) is 0 Å². The molecule has 11 heteroatoms. The van der Waals surface area contributed by atoms with Crippen LogP contribution >= 0.6 is 11.6 Å². The van der Waals surface area contributed by atoms with Gasteiger partial charge in [-0.25, -0.2) is 23.1 Å². The molecule has 0 aliphatic rings. The van der Waals surface area contributed by atoms with Crippen molar-refractivity contribution in [2.24, 2.45) is 0 Å². The maximum absolute atomic E-state index is 14.5. The highest BCUT2D eigenvalue weighted by molar-refractivity contribution is 6.31. The Labute approximate surface area is 173 Å². The van der Waals surface area contributed by atoms with Crippen molar-refractivity contribution in [1.82, 2.24) is 29.8 Å². The Morgan fingerprint density at radius 1 is 1.17 bits per heavy atom. The fourth-order valence-corrected chi connectivity index (χ4v) is 3.41. The van der Waals surface area contributed by atoms with E-state index in [1.54, 1.807) is 12.1 Å². The lowest BCUT2D eigenvalue weighted by Crippen LogP contribution is -2.36. The van der Waals surface area contributed by atoms with E-state index >= 15 is 0 Å². The Kier molecular flexibility index (Phi) is 5.27. The van der Waals surface area contributed by atoms with Crippen LogP contribution in [0.3, 0.4) is 0 Å². The number of aromatic nitrogens is 6. The summed E-state index contributed by atoms with van der Waals surface area (Å²) in [6.45, 7) is -0.257. The maximum Gasteiger partial charge on any atom is 0.277 e. The summed E-state index contributed by atoms with van der Waals surface area (Å²) in [7, 11) is 0. The number of aryl methyl sites for hydroxylation is 1. The molecular formula is C19H15ClF2N6O2. The van der Waals surface area contributed by atoms with Crippen LogP contribution in [0, 0.1) is 11.6 Å². The third-order valence-corrected chi connectivity index (χ3v) is 4.98. The fraction of sp³-hybridized carbons (Fsp3) is 0.211. The molecule has 0 aliphatic heterocycles. The van der Waals surface area contributed by atoms with E-state index in [-0.39, 0.29) is 30.5 Å². The van der Waals surface area contributed by atoms with E-state index in [9.17, 15) is 18.7 Å². The molecule has 1 unspecified atom stereocenters. The Bertz CT molecular complexity index is 1260. The highest BCUT2D eigenvalue weighted by atomic mass is 35.5. The second-order valence-electron chi connectivity index (χ2n) is 6.78. The predicted octanol–water partition coefficient (Wildman–Crippen LogP) is 2.29. The smallest absolute Gasteiger partial charge is 0.277 e. The molecule has 0 fully saturated rings. The van der Waals surface area contributed by atoms with E-state index in [4.69, 9.17) is 11.6 Å². The highest BCUT2D eigenvalue weighted by Gasteiger charge is 2.33. The van der Waals surface area contributed by atoms with Gasteiger partial charge in [0.05, 0.1) is 11.9 Å². The summed E-state index contributed by atoms with van der Waals surface area (Å²) >= 11 is 5.96. The molecule has 2 heterocycles. The second kappa shape index (κ2) is 7.88. The first-order valence-electron chi connectivity index (χ1n) is 8.89. The molecule has 0 amide bonds. The van der Waals surface area contributed by atoms with Crippen molar-refractivity contribution < 1.29 is 13.9 Å². The predicted molar refractivity (Wildman–Crippen MR) is 104 cm³/mol. The van der Waals surface area contributed by atoms with E-state index in [1.807, 2.05) is 0 Å². The summed E-state index contributed by atoms with van der Waals surface area (Å²) < 4.78 is 30.2. The van der Waals surface area contributed by atoms with Gasteiger partial charge in [-0.05, 0) is 24.3 Å². The van der Waals surface area contributed by atoms with Crippen LogP contribution in [0.2, 0.25) is 5.02 Å². The molecule has 1 atom stereocenters. The first-order valence-corrected chi connectivity index (χ1v) is 9.27. The molecule has 4 rings (SSSR count). The SMILES string of the molecule is O=c1c2cc(Cl)ccc2nnn1CCC(O)(Cn1cncn1)c1ccc(F)cc1F. The van der Waals surface area contributed by atoms with Crippen LogP contribution in [0.1, 0.15) is 12.0 Å². The fourth-order valence-electron chi connectivity index (χ4n) is 3.23. The van der Waals surface area contributed by atoms with Gasteiger partial charge in [0.15, 0.2) is 0 Å². The largest absolute Gasteiger partial charge is 0.383 e. The summed E-state index contributed by atoms with van der Waals surface area (Å²) in [5.74, 6) is -1.69. The van der Waals surface area contributed by atoms with E-state index in [0.29, 0.717) is 16.6 Å². The summed E-state index contributed by atoms with van der Waals surface area (Å²) in [6.07, 6.45) is 2.50. The number of halogens is 3. The van der Waals surface area contributed by atoms with Gasteiger partial charge in [-0.2, -0.15) is 5.10 Å². The molecule has 4 aromatic rings. The van der Waals surface area contributed by atoms with Gasteiger partial charge >= 0.3 is 0 Å². The minimum absolute atomic E-state index is 0.0870. The molecular weight excluding hydrogens is 418 g/mol. The van der Waals surface area contributed by atoms with E-state index in [0.717, 1.165) is 16.8 Å². The van der Waals surface area contributed by atoms with Gasteiger partial charge in [-0.15, -0.1) is 5.10 Å². The van der Waals surface area contributed by atoms with Crippen molar-refractivity contribution in [2.45, 2.75) is 25.1 Å². The number of hydrogen-bond acceptors (Lipinski definition) is 6. The number of rotatable bonds is 6. The van der Waals surface area contributed by atoms with Crippen molar-refractivity contribution in [3.05, 3.63) is 81.6 Å². The normalized spacial score (nSPS) is 13.5. The van der Waals surface area contributed by atoms with Crippen molar-refractivity contribution in [3.8, 4) is 0 Å². The average molecular weight is 433 g/mol. The first kappa shape index (κ1) is 20.0. The van der Waals surface area contributed by atoms with Gasteiger partial charge in [0.2, 0.25) is 0 Å². The van der Waals surface area contributed by atoms with Gasteiger partial charge in [0.25, 0.3) is 5.56 Å². The second-order valence-corrected chi connectivity index (χ2v) is 7.21. The maximum atomic E-state index is 14.5. The lowest BCUT2D eigenvalue weighted by molar-refractivity contribution is -0.00227. The Morgan fingerprint density at radius 2 is 2.00 bits per heavy atom. The zero-order valence-electron chi connectivity index (χ0n) is 15.4. The third kappa shape index (κ3) is 3.91. The monoisotopic (exact) mass is 432 g/mol. The molecule has 0 aliphatic carbocycles. The number of nitrogens with zero attached hydrogens (tertiary/aromatic N) is 6. The van der Waals surface area contributed by atoms with Crippen LogP contribution in [-0.2, 0) is 18.7 Å². The Hall–Kier alpha value is -3.24. The van der Waals surface area contributed by atoms with Crippen molar-refractivity contribution in [1.29, 1.82) is 0 Å². The average Bonchev–Trinajstić information content (AvgIpc) is 3.20. The third-order valence-electron chi connectivity index (χ3n) is 4.74. The van der Waals surface area contributed by atoms with Gasteiger partial charge in [-0.1, -0.05) is 22.9 Å². The quantitative estimate of drug-likeness (QED) is 0.502. The molecule has 2 aromatic carbocycles. The first-order chi connectivity index (χ1) is 14.4. The lowest BCUT2D eigenvalue weighted by atomic mass is 9.89. The van der Waals surface area contributed by atoms with E-state index < -0.39 is 22.8 Å². The Morgan fingerprint density at radius 3 is 2.73 bits per heavy atom. The summed E-state index contributed by atoms with van der Waals surface area (Å²) in [5.41, 5.74) is -2.03. The molecule has 0 bridgehead atoms. The number of fused-ring (bicyclic) bond motifs is 1. The molecule has 0 spiro atoms.